The quantitative estimate of drug-likeness (QED) is 0.332. The highest BCUT2D eigenvalue weighted by atomic mass is 127. The van der Waals surface area contributed by atoms with E-state index in [2.05, 4.69) is 11.1 Å². The Kier molecular flexibility index (Phi) is 5.11. The molecule has 2 aromatic carbocycles. The van der Waals surface area contributed by atoms with Crippen molar-refractivity contribution in [1.29, 1.82) is 5.26 Å². The van der Waals surface area contributed by atoms with Crippen LogP contribution in [0.2, 0.25) is 0 Å². The van der Waals surface area contributed by atoms with Crippen molar-refractivity contribution in [2.75, 3.05) is 5.75 Å². The second-order valence-electron chi connectivity index (χ2n) is 5.21. The maximum Gasteiger partial charge on any atom is 0.193 e. The molecule has 0 bridgehead atoms. The smallest absolute Gasteiger partial charge is 0.193 e. The molecule has 126 valence electrons. The largest absolute Gasteiger partial charge is 0.354 e. The lowest BCUT2D eigenvalue weighted by molar-refractivity contribution is 0.578. The Morgan fingerprint density at radius 1 is 1.28 bits per heavy atom. The van der Waals surface area contributed by atoms with Crippen LogP contribution >= 0.6 is 34.4 Å². The molecule has 7 heteroatoms. The number of hydrogen-bond acceptors (Lipinski definition) is 3. The molecule has 0 atom stereocenters. The van der Waals surface area contributed by atoms with Gasteiger partial charge in [-0.25, -0.2) is 8.78 Å². The monoisotopic (exact) mass is 468 g/mol. The van der Waals surface area contributed by atoms with Crippen LogP contribution in [0.4, 0.5) is 8.78 Å². The van der Waals surface area contributed by atoms with E-state index in [0.717, 1.165) is 16.7 Å². The first-order valence-corrected chi connectivity index (χ1v) is 9.40. The summed E-state index contributed by atoms with van der Waals surface area (Å²) in [7, 11) is 0. The molecule has 0 aliphatic rings. The minimum Gasteiger partial charge on any atom is -0.354 e. The Morgan fingerprint density at radius 2 is 2.04 bits per heavy atom. The van der Waals surface area contributed by atoms with E-state index in [4.69, 9.17) is 5.26 Å². The van der Waals surface area contributed by atoms with E-state index in [9.17, 15) is 13.6 Å². The number of nitriles is 1. The van der Waals surface area contributed by atoms with Crippen molar-refractivity contribution in [3.8, 4) is 17.3 Å². The highest BCUT2D eigenvalue weighted by Crippen LogP contribution is 2.32. The number of nitrogens with zero attached hydrogens (tertiary/aromatic N) is 1. The van der Waals surface area contributed by atoms with Crippen molar-refractivity contribution in [3.63, 3.8) is 0 Å². The molecule has 25 heavy (non-hydrogen) atoms. The Balaban J connectivity index is 2.33. The number of thioether (sulfide) groups is 1. The van der Waals surface area contributed by atoms with E-state index in [1.165, 1.54) is 28.7 Å². The molecule has 0 aliphatic heterocycles. The zero-order valence-corrected chi connectivity index (χ0v) is 16.0. The first-order valence-electron chi connectivity index (χ1n) is 7.34. The Hall–Kier alpha value is -1.92. The lowest BCUT2D eigenvalue weighted by Gasteiger charge is -2.11. The van der Waals surface area contributed by atoms with Crippen LogP contribution < -0.4 is 5.43 Å². The molecule has 0 amide bonds. The van der Waals surface area contributed by atoms with Gasteiger partial charge in [-0.2, -0.15) is 5.26 Å². The third-order valence-electron chi connectivity index (χ3n) is 3.65. The third kappa shape index (κ3) is 3.28. The van der Waals surface area contributed by atoms with E-state index < -0.39 is 17.1 Å². The van der Waals surface area contributed by atoms with Crippen molar-refractivity contribution in [2.24, 2.45) is 0 Å². The van der Waals surface area contributed by atoms with E-state index in [1.807, 2.05) is 6.92 Å². The van der Waals surface area contributed by atoms with E-state index in [0.29, 0.717) is 16.8 Å². The van der Waals surface area contributed by atoms with Crippen molar-refractivity contribution in [2.45, 2.75) is 11.8 Å². The first kappa shape index (κ1) is 17.9. The van der Waals surface area contributed by atoms with Crippen LogP contribution in [0, 0.1) is 26.5 Å². The van der Waals surface area contributed by atoms with Gasteiger partial charge in [0.15, 0.2) is 11.2 Å². The maximum atomic E-state index is 14.3. The lowest BCUT2D eigenvalue weighted by atomic mass is 10.1. The van der Waals surface area contributed by atoms with Gasteiger partial charge in [0.2, 0.25) is 0 Å². The summed E-state index contributed by atoms with van der Waals surface area (Å²) < 4.78 is 27.9. The maximum absolute atomic E-state index is 14.3. The third-order valence-corrected chi connectivity index (χ3v) is 5.60. The van der Waals surface area contributed by atoms with Crippen molar-refractivity contribution < 1.29 is 8.78 Å². The Morgan fingerprint density at radius 3 is 2.72 bits per heavy atom. The normalized spacial score (nSPS) is 10.8. The van der Waals surface area contributed by atoms with Gasteiger partial charge in [0.1, 0.15) is 5.82 Å². The fraction of sp³-hybridized carbons (Fsp3) is 0.111. The number of aromatic nitrogens is 1. The van der Waals surface area contributed by atoms with Crippen LogP contribution in [0.25, 0.3) is 22.2 Å². The summed E-state index contributed by atoms with van der Waals surface area (Å²) in [6, 6.07) is 9.63. The van der Waals surface area contributed by atoms with Gasteiger partial charge in [0, 0.05) is 16.5 Å². The average molecular weight is 468 g/mol. The number of benzene rings is 2. The molecule has 0 unspecified atom stereocenters. The number of nitrogens with one attached hydrogen (secondary N) is 1. The molecule has 0 aliphatic carbocycles. The van der Waals surface area contributed by atoms with Crippen molar-refractivity contribution >= 4 is 45.3 Å². The molecule has 0 radical (unpaired) electrons. The molecule has 1 N–H and O–H groups in total. The average Bonchev–Trinajstić information content (AvgIpc) is 2.59. The number of H-pyrrole nitrogens is 1. The molecule has 3 rings (SSSR count). The molecule has 0 saturated heterocycles. The van der Waals surface area contributed by atoms with Gasteiger partial charge >= 0.3 is 0 Å². The highest BCUT2D eigenvalue weighted by molar-refractivity contribution is 14.1. The summed E-state index contributed by atoms with van der Waals surface area (Å²) in [4.78, 5) is 16.2. The molecule has 0 saturated carbocycles. The number of pyridine rings is 1. The van der Waals surface area contributed by atoms with E-state index in [1.54, 1.807) is 30.0 Å². The van der Waals surface area contributed by atoms with Gasteiger partial charge in [0.25, 0.3) is 0 Å². The summed E-state index contributed by atoms with van der Waals surface area (Å²) in [6.07, 6.45) is 0. The second-order valence-corrected chi connectivity index (χ2v) is 7.60. The molecule has 0 spiro atoms. The minimum absolute atomic E-state index is 0.0905. The summed E-state index contributed by atoms with van der Waals surface area (Å²) in [5.74, 6) is -0.789. The van der Waals surface area contributed by atoms with Crippen LogP contribution in [0.3, 0.4) is 0 Å². The van der Waals surface area contributed by atoms with Crippen LogP contribution in [0.1, 0.15) is 12.5 Å². The predicted octanol–water partition coefficient (Wildman–Crippen LogP) is 5.06. The van der Waals surface area contributed by atoms with E-state index >= 15 is 0 Å². The topological polar surface area (TPSA) is 56.6 Å². The fourth-order valence-electron chi connectivity index (χ4n) is 2.56. The zero-order valence-electron chi connectivity index (χ0n) is 13.0. The van der Waals surface area contributed by atoms with Crippen LogP contribution in [-0.4, -0.2) is 10.7 Å². The Bertz CT molecular complexity index is 1090. The van der Waals surface area contributed by atoms with Gasteiger partial charge in [-0.15, -0.1) is 11.8 Å². The molecular formula is C18H11F2IN2OS. The van der Waals surface area contributed by atoms with Crippen LogP contribution in [0.5, 0.6) is 0 Å². The van der Waals surface area contributed by atoms with Gasteiger partial charge in [-0.3, -0.25) is 4.79 Å². The first-order chi connectivity index (χ1) is 12.0. The molecule has 1 aromatic heterocycles. The van der Waals surface area contributed by atoms with Gasteiger partial charge in [0.05, 0.1) is 31.8 Å². The van der Waals surface area contributed by atoms with Crippen LogP contribution in [0.15, 0.2) is 40.0 Å². The zero-order chi connectivity index (χ0) is 18.1. The van der Waals surface area contributed by atoms with Crippen molar-refractivity contribution in [1.82, 2.24) is 4.98 Å². The van der Waals surface area contributed by atoms with Gasteiger partial charge < -0.3 is 4.98 Å². The van der Waals surface area contributed by atoms with Gasteiger partial charge in [-0.05, 0) is 52.6 Å². The Labute approximate surface area is 160 Å². The fourth-order valence-corrected chi connectivity index (χ4v) is 3.78. The predicted molar refractivity (Wildman–Crippen MR) is 104 cm³/mol. The SMILES string of the molecule is CCSc1ccc(C#N)cc1-c1cc(=O)c2c(F)c(I)c(F)cc2[nH]1. The summed E-state index contributed by atoms with van der Waals surface area (Å²) >= 11 is 3.09. The molecule has 1 heterocycles. The lowest BCUT2D eigenvalue weighted by Crippen LogP contribution is -2.08. The molecule has 3 nitrogen and oxygen atoms in total. The summed E-state index contributed by atoms with van der Waals surface area (Å²) in [6.45, 7) is 1.99. The van der Waals surface area contributed by atoms with Crippen LogP contribution in [-0.2, 0) is 0 Å². The summed E-state index contributed by atoms with van der Waals surface area (Å²) in [5, 5.41) is 8.96. The van der Waals surface area contributed by atoms with Gasteiger partial charge in [-0.1, -0.05) is 6.92 Å². The highest BCUT2D eigenvalue weighted by Gasteiger charge is 2.16. The van der Waals surface area contributed by atoms with Crippen molar-refractivity contribution in [3.05, 3.63) is 61.3 Å². The number of halogens is 3. The standard InChI is InChI=1S/C18H11F2IN2OS/c1-2-25-15-4-3-9(8-22)5-10(15)12-7-14(24)16-13(23-12)6-11(19)18(21)17(16)20/h3-7H,2H2,1H3,(H,23,24). The second kappa shape index (κ2) is 7.14. The number of hydrogen-bond donors (Lipinski definition) is 1. The summed E-state index contributed by atoms with van der Waals surface area (Å²) in [5.41, 5.74) is 1.08. The molecular weight excluding hydrogens is 457 g/mol. The molecule has 0 fully saturated rings. The number of fused-ring (bicyclic) bond motifs is 1. The molecule has 3 aromatic rings. The number of rotatable bonds is 3. The number of aromatic amines is 1. The van der Waals surface area contributed by atoms with E-state index in [-0.39, 0.29) is 14.5 Å². The minimum atomic E-state index is -0.864.